The van der Waals surface area contributed by atoms with Crippen LogP contribution in [0.25, 0.3) is 11.4 Å². The van der Waals surface area contributed by atoms with Gasteiger partial charge in [-0.2, -0.15) is 4.98 Å². The summed E-state index contributed by atoms with van der Waals surface area (Å²) in [6.45, 7) is 3.68. The molecule has 0 radical (unpaired) electrons. The van der Waals surface area contributed by atoms with E-state index in [0.29, 0.717) is 56.2 Å². The van der Waals surface area contributed by atoms with E-state index >= 15 is 0 Å². The second-order valence-corrected chi connectivity index (χ2v) is 8.24. The molecule has 2 saturated heterocycles. The molecule has 0 bridgehead atoms. The molecule has 1 aromatic carbocycles. The van der Waals surface area contributed by atoms with Gasteiger partial charge in [-0.05, 0) is 6.07 Å². The summed E-state index contributed by atoms with van der Waals surface area (Å²) in [6, 6.07) is 6.36. The quantitative estimate of drug-likeness (QED) is 0.559. The Bertz CT molecular complexity index is 1070. The topological polar surface area (TPSA) is 120 Å². The summed E-state index contributed by atoms with van der Waals surface area (Å²) in [5, 5.41) is 17.5. The monoisotopic (exact) mass is 439 g/mol. The molecule has 0 aliphatic carbocycles. The van der Waals surface area contributed by atoms with Gasteiger partial charge in [-0.25, -0.2) is 4.98 Å². The molecule has 1 amide bonds. The molecule has 2 aromatic heterocycles. The van der Waals surface area contributed by atoms with Gasteiger partial charge in [0.25, 0.3) is 5.91 Å². The van der Waals surface area contributed by atoms with Gasteiger partial charge in [0.05, 0.1) is 19.3 Å². The van der Waals surface area contributed by atoms with Crippen molar-refractivity contribution in [3.8, 4) is 11.4 Å². The number of carbonyl (C=O) groups is 1. The van der Waals surface area contributed by atoms with Gasteiger partial charge in [-0.15, -0.1) is 11.3 Å². The lowest BCUT2D eigenvalue weighted by atomic mass is 10.1. The number of anilines is 2. The number of hydrogen-bond donors (Lipinski definition) is 2. The highest BCUT2D eigenvalue weighted by molar-refractivity contribution is 7.11. The number of piperazine rings is 1. The SMILES string of the molecule is N=Cc1ccc(-c2noc(N3CCN(C(=O)c4nccs4)CC3)n2)cc1NC1COC1. The smallest absolute Gasteiger partial charge is 0.324 e. The zero-order valence-corrected chi connectivity index (χ0v) is 17.5. The molecule has 10 nitrogen and oxygen atoms in total. The lowest BCUT2D eigenvalue weighted by Crippen LogP contribution is -2.48. The summed E-state index contributed by atoms with van der Waals surface area (Å²) >= 11 is 1.35. The van der Waals surface area contributed by atoms with Crippen LogP contribution in [0.1, 0.15) is 15.4 Å². The predicted molar refractivity (Wildman–Crippen MR) is 116 cm³/mol. The Labute approximate surface area is 182 Å². The van der Waals surface area contributed by atoms with Crippen molar-refractivity contribution in [1.82, 2.24) is 20.0 Å². The summed E-state index contributed by atoms with van der Waals surface area (Å²) in [4.78, 5) is 24.9. The minimum atomic E-state index is -0.0379. The van der Waals surface area contributed by atoms with Crippen LogP contribution in [0.5, 0.6) is 0 Å². The van der Waals surface area contributed by atoms with E-state index < -0.39 is 0 Å². The van der Waals surface area contributed by atoms with E-state index in [9.17, 15) is 4.79 Å². The number of benzene rings is 1. The van der Waals surface area contributed by atoms with Crippen molar-refractivity contribution in [3.63, 3.8) is 0 Å². The van der Waals surface area contributed by atoms with Gasteiger partial charge in [0.15, 0.2) is 5.01 Å². The summed E-state index contributed by atoms with van der Waals surface area (Å²) in [5.41, 5.74) is 2.45. The minimum Gasteiger partial charge on any atom is -0.377 e. The van der Waals surface area contributed by atoms with Gasteiger partial charge in [-0.1, -0.05) is 17.3 Å². The van der Waals surface area contributed by atoms with Crippen molar-refractivity contribution in [1.29, 1.82) is 5.41 Å². The first-order valence-corrected chi connectivity index (χ1v) is 10.9. The number of rotatable bonds is 6. The van der Waals surface area contributed by atoms with Crippen molar-refractivity contribution in [2.24, 2.45) is 0 Å². The van der Waals surface area contributed by atoms with Crippen LogP contribution < -0.4 is 10.2 Å². The maximum atomic E-state index is 12.5. The molecule has 11 heteroatoms. The van der Waals surface area contributed by atoms with Crippen LogP contribution in [0.4, 0.5) is 11.7 Å². The molecule has 2 N–H and O–H groups in total. The lowest BCUT2D eigenvalue weighted by molar-refractivity contribution is 0.0211. The van der Waals surface area contributed by atoms with Gasteiger partial charge in [0, 0.05) is 60.8 Å². The third-order valence-corrected chi connectivity index (χ3v) is 6.09. The number of hydrogen-bond acceptors (Lipinski definition) is 10. The molecule has 2 aliphatic heterocycles. The summed E-state index contributed by atoms with van der Waals surface area (Å²) < 4.78 is 10.7. The number of aromatic nitrogens is 3. The first-order chi connectivity index (χ1) is 15.2. The Morgan fingerprint density at radius 2 is 2.10 bits per heavy atom. The van der Waals surface area contributed by atoms with Gasteiger partial charge in [0.2, 0.25) is 5.82 Å². The van der Waals surface area contributed by atoms with Crippen molar-refractivity contribution in [3.05, 3.63) is 40.3 Å². The van der Waals surface area contributed by atoms with E-state index in [0.717, 1.165) is 16.8 Å². The van der Waals surface area contributed by atoms with E-state index in [4.69, 9.17) is 14.7 Å². The second-order valence-electron chi connectivity index (χ2n) is 7.34. The molecule has 160 valence electrons. The van der Waals surface area contributed by atoms with Crippen molar-refractivity contribution >= 4 is 35.2 Å². The largest absolute Gasteiger partial charge is 0.377 e. The Kier molecular flexibility index (Phi) is 5.35. The van der Waals surface area contributed by atoms with Gasteiger partial charge in [-0.3, -0.25) is 4.79 Å². The van der Waals surface area contributed by atoms with Crippen LogP contribution in [0.2, 0.25) is 0 Å². The number of thiazole rings is 1. The van der Waals surface area contributed by atoms with Crippen LogP contribution in [-0.2, 0) is 4.74 Å². The molecule has 2 fully saturated rings. The summed E-state index contributed by atoms with van der Waals surface area (Å²) in [7, 11) is 0. The predicted octanol–water partition coefficient (Wildman–Crippen LogP) is 1.96. The van der Waals surface area contributed by atoms with Crippen molar-refractivity contribution in [2.75, 3.05) is 49.6 Å². The van der Waals surface area contributed by atoms with E-state index in [-0.39, 0.29) is 11.9 Å². The van der Waals surface area contributed by atoms with Crippen molar-refractivity contribution < 1.29 is 14.1 Å². The van der Waals surface area contributed by atoms with Crippen LogP contribution >= 0.6 is 11.3 Å². The highest BCUT2D eigenvalue weighted by Gasteiger charge is 2.26. The van der Waals surface area contributed by atoms with E-state index in [1.807, 2.05) is 23.1 Å². The maximum Gasteiger partial charge on any atom is 0.324 e. The molecule has 0 spiro atoms. The maximum absolute atomic E-state index is 12.5. The van der Waals surface area contributed by atoms with Gasteiger partial charge >= 0.3 is 6.01 Å². The van der Waals surface area contributed by atoms with Crippen LogP contribution in [0, 0.1) is 5.41 Å². The van der Waals surface area contributed by atoms with E-state index in [1.54, 1.807) is 16.5 Å². The number of ether oxygens (including phenoxy) is 1. The summed E-state index contributed by atoms with van der Waals surface area (Å²) in [6.07, 6.45) is 2.96. The van der Waals surface area contributed by atoms with Gasteiger partial charge < -0.3 is 29.8 Å². The molecular formula is C20H21N7O3S. The molecular weight excluding hydrogens is 418 g/mol. The second kappa shape index (κ2) is 8.44. The Balaban J connectivity index is 1.27. The lowest BCUT2D eigenvalue weighted by Gasteiger charge is -2.33. The Morgan fingerprint density at radius 3 is 2.77 bits per heavy atom. The standard InChI is InChI=1S/C20H21N7O3S/c21-10-14-2-1-13(9-16(14)23-15-11-29-12-15)17-24-20(30-25-17)27-6-4-26(5-7-27)19(28)18-22-3-8-31-18/h1-3,8-10,15,21,23H,4-7,11-12H2. The summed E-state index contributed by atoms with van der Waals surface area (Å²) in [5.74, 6) is 0.449. The number of amides is 1. The Hall–Kier alpha value is -3.31. The van der Waals surface area contributed by atoms with E-state index in [2.05, 4.69) is 20.4 Å². The first kappa shape index (κ1) is 19.6. The van der Waals surface area contributed by atoms with Crippen molar-refractivity contribution in [2.45, 2.75) is 6.04 Å². The molecule has 5 rings (SSSR count). The fourth-order valence-corrected chi connectivity index (χ4v) is 4.11. The number of nitrogens with zero attached hydrogens (tertiary/aromatic N) is 5. The third-order valence-electron chi connectivity index (χ3n) is 5.33. The number of nitrogens with one attached hydrogen (secondary N) is 2. The van der Waals surface area contributed by atoms with Crippen LogP contribution in [0.15, 0.2) is 34.3 Å². The highest BCUT2D eigenvalue weighted by Crippen LogP contribution is 2.26. The average Bonchev–Trinajstić information content (AvgIpc) is 3.48. The fourth-order valence-electron chi connectivity index (χ4n) is 3.51. The normalized spacial score (nSPS) is 16.8. The molecule has 0 atom stereocenters. The molecule has 31 heavy (non-hydrogen) atoms. The first-order valence-electron chi connectivity index (χ1n) is 9.98. The molecule has 0 unspecified atom stereocenters. The zero-order valence-electron chi connectivity index (χ0n) is 16.7. The molecule has 4 heterocycles. The molecule has 2 aliphatic rings. The van der Waals surface area contributed by atoms with E-state index in [1.165, 1.54) is 17.6 Å². The molecule has 3 aromatic rings. The highest BCUT2D eigenvalue weighted by atomic mass is 32.1. The minimum absolute atomic E-state index is 0.0379. The van der Waals surface area contributed by atoms with Crippen LogP contribution in [0.3, 0.4) is 0 Å². The van der Waals surface area contributed by atoms with Crippen LogP contribution in [-0.4, -0.2) is 77.6 Å². The fraction of sp³-hybridized carbons (Fsp3) is 0.350. The van der Waals surface area contributed by atoms with Gasteiger partial charge in [0.1, 0.15) is 0 Å². The average molecular weight is 440 g/mol. The zero-order chi connectivity index (χ0) is 21.2. The Morgan fingerprint density at radius 1 is 1.26 bits per heavy atom. The number of carbonyl (C=O) groups excluding carboxylic acids is 1. The molecule has 0 saturated carbocycles. The third kappa shape index (κ3) is 4.01.